The molecule has 134 valence electrons. The molecule has 26 heavy (non-hydrogen) atoms. The molecule has 1 heterocycles. The zero-order valence-corrected chi connectivity index (χ0v) is 14.5. The van der Waals surface area contributed by atoms with E-state index in [0.29, 0.717) is 17.7 Å². The monoisotopic (exact) mass is 352 g/mol. The molecule has 2 aromatic rings. The number of carbonyl (C=O) groups excluding carboxylic acids is 1. The molecule has 1 aliphatic heterocycles. The van der Waals surface area contributed by atoms with E-state index in [-0.39, 0.29) is 18.9 Å². The molecule has 0 saturated carbocycles. The molecule has 0 aromatic heterocycles. The van der Waals surface area contributed by atoms with Crippen molar-refractivity contribution in [3.63, 3.8) is 0 Å². The number of oxime groups is 1. The van der Waals surface area contributed by atoms with Gasteiger partial charge in [0.1, 0.15) is 7.11 Å². The smallest absolute Gasteiger partial charge is 0.305 e. The van der Waals surface area contributed by atoms with Crippen molar-refractivity contribution in [1.82, 2.24) is 4.90 Å². The molecular formula is C20H20N2O4. The number of carboxylic acid groups (broad SMARTS) is 1. The lowest BCUT2D eigenvalue weighted by Gasteiger charge is -2.23. The van der Waals surface area contributed by atoms with Crippen LogP contribution in [0.15, 0.2) is 59.8 Å². The van der Waals surface area contributed by atoms with Gasteiger partial charge < -0.3 is 14.8 Å². The molecule has 1 aliphatic rings. The van der Waals surface area contributed by atoms with Crippen LogP contribution in [0.2, 0.25) is 0 Å². The third kappa shape index (κ3) is 3.91. The Labute approximate surface area is 151 Å². The third-order valence-electron chi connectivity index (χ3n) is 4.40. The Morgan fingerprint density at radius 3 is 2.38 bits per heavy atom. The quantitative estimate of drug-likeness (QED) is 0.839. The number of aliphatic carboxylic acids is 1. The molecular weight excluding hydrogens is 332 g/mol. The minimum Gasteiger partial charge on any atom is -0.481 e. The molecule has 1 N–H and O–H groups in total. The van der Waals surface area contributed by atoms with E-state index < -0.39 is 12.0 Å². The first-order chi connectivity index (χ1) is 12.6. The zero-order chi connectivity index (χ0) is 18.5. The zero-order valence-electron chi connectivity index (χ0n) is 14.5. The maximum Gasteiger partial charge on any atom is 0.305 e. The largest absolute Gasteiger partial charge is 0.481 e. The van der Waals surface area contributed by atoms with E-state index in [0.717, 1.165) is 11.1 Å². The van der Waals surface area contributed by atoms with Crippen molar-refractivity contribution < 1.29 is 19.5 Å². The van der Waals surface area contributed by atoms with Crippen molar-refractivity contribution in [2.45, 2.75) is 18.9 Å². The molecule has 6 heteroatoms. The third-order valence-corrected chi connectivity index (χ3v) is 4.40. The fourth-order valence-electron chi connectivity index (χ4n) is 3.19. The highest BCUT2D eigenvalue weighted by Gasteiger charge is 2.35. The van der Waals surface area contributed by atoms with Gasteiger partial charge in [0.2, 0.25) is 0 Å². The summed E-state index contributed by atoms with van der Waals surface area (Å²) in [4.78, 5) is 30.3. The molecule has 3 rings (SSSR count). The maximum absolute atomic E-state index is 12.9. The van der Waals surface area contributed by atoms with E-state index in [1.165, 1.54) is 7.11 Å². The van der Waals surface area contributed by atoms with Crippen LogP contribution < -0.4 is 0 Å². The van der Waals surface area contributed by atoms with Gasteiger partial charge in [-0.25, -0.2) is 0 Å². The lowest BCUT2D eigenvalue weighted by atomic mass is 10.0. The van der Waals surface area contributed by atoms with Crippen LogP contribution in [0.3, 0.4) is 0 Å². The summed E-state index contributed by atoms with van der Waals surface area (Å²) in [7, 11) is 1.44. The molecule has 1 saturated heterocycles. The predicted octanol–water partition coefficient (Wildman–Crippen LogP) is 3.05. The summed E-state index contributed by atoms with van der Waals surface area (Å²) in [6.45, 7) is 0.283. The summed E-state index contributed by atoms with van der Waals surface area (Å²) in [5.74, 6) is -1.14. The fourth-order valence-corrected chi connectivity index (χ4v) is 3.19. The molecule has 1 fully saturated rings. The lowest BCUT2D eigenvalue weighted by Crippen LogP contribution is -2.37. The van der Waals surface area contributed by atoms with Gasteiger partial charge in [-0.2, -0.15) is 0 Å². The number of amides is 1. The van der Waals surface area contributed by atoms with Crippen LogP contribution in [0.25, 0.3) is 11.1 Å². The van der Waals surface area contributed by atoms with Crippen molar-refractivity contribution >= 4 is 17.6 Å². The van der Waals surface area contributed by atoms with Gasteiger partial charge in [0.25, 0.3) is 5.91 Å². The SMILES string of the molecule is CO/N=C1/C[C@@H](CC(=O)O)N(C(=O)c2ccc(-c3ccccc3)cc2)C1. The minimum atomic E-state index is -0.939. The summed E-state index contributed by atoms with van der Waals surface area (Å²) in [6.07, 6.45) is 0.296. The number of likely N-dealkylation sites (tertiary alicyclic amines) is 1. The van der Waals surface area contributed by atoms with Gasteiger partial charge in [0.05, 0.1) is 18.7 Å². The number of rotatable bonds is 5. The van der Waals surface area contributed by atoms with Crippen molar-refractivity contribution in [3.8, 4) is 11.1 Å². The van der Waals surface area contributed by atoms with Crippen LogP contribution in [0.4, 0.5) is 0 Å². The number of hydrogen-bond donors (Lipinski definition) is 1. The normalized spacial score (nSPS) is 18.1. The first-order valence-electron chi connectivity index (χ1n) is 8.35. The second-order valence-electron chi connectivity index (χ2n) is 6.17. The number of nitrogens with zero attached hydrogens (tertiary/aromatic N) is 2. The van der Waals surface area contributed by atoms with E-state index in [2.05, 4.69) is 5.16 Å². The Hall–Kier alpha value is -3.15. The molecule has 0 aliphatic carbocycles. The van der Waals surface area contributed by atoms with Gasteiger partial charge in [-0.3, -0.25) is 9.59 Å². The van der Waals surface area contributed by atoms with E-state index in [9.17, 15) is 9.59 Å². The highest BCUT2D eigenvalue weighted by atomic mass is 16.6. The van der Waals surface area contributed by atoms with Crippen LogP contribution in [-0.4, -0.2) is 47.3 Å². The highest BCUT2D eigenvalue weighted by Crippen LogP contribution is 2.24. The van der Waals surface area contributed by atoms with E-state index in [1.807, 2.05) is 42.5 Å². The van der Waals surface area contributed by atoms with Gasteiger partial charge in [-0.15, -0.1) is 0 Å². The lowest BCUT2D eigenvalue weighted by molar-refractivity contribution is -0.137. The minimum absolute atomic E-state index is 0.115. The van der Waals surface area contributed by atoms with Crippen molar-refractivity contribution in [2.75, 3.05) is 13.7 Å². The van der Waals surface area contributed by atoms with Gasteiger partial charge in [0.15, 0.2) is 0 Å². The topological polar surface area (TPSA) is 79.2 Å². The van der Waals surface area contributed by atoms with E-state index in [1.54, 1.807) is 17.0 Å². The van der Waals surface area contributed by atoms with Crippen LogP contribution in [0, 0.1) is 0 Å². The van der Waals surface area contributed by atoms with Crippen LogP contribution in [-0.2, 0) is 9.63 Å². The van der Waals surface area contributed by atoms with Gasteiger partial charge in [-0.05, 0) is 23.3 Å². The number of carbonyl (C=O) groups is 2. The Balaban J connectivity index is 1.80. The first-order valence-corrected chi connectivity index (χ1v) is 8.35. The number of benzene rings is 2. The molecule has 0 radical (unpaired) electrons. The van der Waals surface area contributed by atoms with Crippen LogP contribution in [0.5, 0.6) is 0 Å². The Bertz CT molecular complexity index is 815. The summed E-state index contributed by atoms with van der Waals surface area (Å²) in [5.41, 5.74) is 3.30. The standard InChI is InChI=1S/C20H20N2O4/c1-26-21-17-11-18(12-19(23)24)22(13-17)20(25)16-9-7-15(8-10-16)14-5-3-2-4-6-14/h2-10,18H,11-13H2,1H3,(H,23,24)/b21-17-/t18-/m0/s1. The summed E-state index contributed by atoms with van der Waals surface area (Å²) >= 11 is 0. The second kappa shape index (κ2) is 7.82. The Morgan fingerprint density at radius 2 is 1.77 bits per heavy atom. The van der Waals surface area contributed by atoms with Crippen molar-refractivity contribution in [3.05, 3.63) is 60.2 Å². The number of hydrogen-bond acceptors (Lipinski definition) is 4. The predicted molar refractivity (Wildman–Crippen MR) is 98.0 cm³/mol. The molecule has 0 unspecified atom stereocenters. The van der Waals surface area contributed by atoms with E-state index >= 15 is 0 Å². The van der Waals surface area contributed by atoms with Gasteiger partial charge >= 0.3 is 5.97 Å². The fraction of sp³-hybridized carbons (Fsp3) is 0.250. The highest BCUT2D eigenvalue weighted by molar-refractivity contribution is 6.01. The Kier molecular flexibility index (Phi) is 5.31. The van der Waals surface area contributed by atoms with E-state index in [4.69, 9.17) is 9.94 Å². The summed E-state index contributed by atoms with van der Waals surface area (Å²) in [5, 5.41) is 13.0. The van der Waals surface area contributed by atoms with Crippen molar-refractivity contribution in [1.29, 1.82) is 0 Å². The van der Waals surface area contributed by atoms with Crippen LogP contribution >= 0.6 is 0 Å². The van der Waals surface area contributed by atoms with Crippen LogP contribution in [0.1, 0.15) is 23.2 Å². The molecule has 2 aromatic carbocycles. The second-order valence-corrected chi connectivity index (χ2v) is 6.17. The molecule has 0 bridgehead atoms. The van der Waals surface area contributed by atoms with Gasteiger partial charge in [0, 0.05) is 18.0 Å². The average molecular weight is 352 g/mol. The molecule has 0 spiro atoms. The number of carboxylic acids is 1. The molecule has 1 atom stereocenters. The Morgan fingerprint density at radius 1 is 1.12 bits per heavy atom. The summed E-state index contributed by atoms with van der Waals surface area (Å²) < 4.78 is 0. The first kappa shape index (κ1) is 17.7. The van der Waals surface area contributed by atoms with Crippen molar-refractivity contribution in [2.24, 2.45) is 5.16 Å². The summed E-state index contributed by atoms with van der Waals surface area (Å²) in [6, 6.07) is 16.8. The maximum atomic E-state index is 12.9. The average Bonchev–Trinajstić information content (AvgIpc) is 3.04. The molecule has 6 nitrogen and oxygen atoms in total. The van der Waals surface area contributed by atoms with Gasteiger partial charge in [-0.1, -0.05) is 47.6 Å². The molecule has 1 amide bonds.